The molecule has 0 saturated carbocycles. The Morgan fingerprint density at radius 2 is 2.09 bits per heavy atom. The van der Waals surface area contributed by atoms with Gasteiger partial charge in [0.15, 0.2) is 0 Å². The van der Waals surface area contributed by atoms with Gasteiger partial charge in [-0.05, 0) is 11.6 Å². The lowest BCUT2D eigenvalue weighted by Gasteiger charge is -2.05. The Balaban J connectivity index is 2.45. The van der Waals surface area contributed by atoms with Crippen molar-refractivity contribution in [2.45, 2.75) is 0 Å². The Morgan fingerprint density at radius 3 is 3.09 bits per heavy atom. The highest BCUT2D eigenvalue weighted by Gasteiger charge is 1.98. The van der Waals surface area contributed by atoms with Crippen molar-refractivity contribution < 1.29 is 0 Å². The summed E-state index contributed by atoms with van der Waals surface area (Å²) >= 11 is 0. The van der Waals surface area contributed by atoms with Gasteiger partial charge in [-0.15, -0.1) is 0 Å². The predicted octanol–water partition coefficient (Wildman–Crippen LogP) is 1.63. The lowest BCUT2D eigenvalue weighted by Crippen LogP contribution is -2.20. The summed E-state index contributed by atoms with van der Waals surface area (Å²) in [4.78, 5) is 0. The minimum Gasteiger partial charge on any atom is -0.321 e. The number of anilines is 1. The van der Waals surface area contributed by atoms with Crippen LogP contribution in [-0.4, -0.2) is 6.54 Å². The van der Waals surface area contributed by atoms with E-state index in [0.717, 1.165) is 12.2 Å². The molecule has 1 aliphatic heterocycles. The molecule has 0 atom stereocenters. The molecular weight excluding hydrogens is 136 g/mol. The van der Waals surface area contributed by atoms with Crippen LogP contribution in [0.2, 0.25) is 0 Å². The standard InChI is InChI=1S/C9H10N2/c1-2-6-9-8(4-1)5-3-7-10-11-9/h1-6,10-11H,7H2. The van der Waals surface area contributed by atoms with Crippen LogP contribution in [0.5, 0.6) is 0 Å². The van der Waals surface area contributed by atoms with E-state index in [1.807, 2.05) is 12.1 Å². The highest BCUT2D eigenvalue weighted by Crippen LogP contribution is 2.16. The minimum absolute atomic E-state index is 0.870. The first kappa shape index (κ1) is 6.43. The molecule has 0 amide bonds. The summed E-state index contributed by atoms with van der Waals surface area (Å²) < 4.78 is 0. The molecule has 0 saturated heterocycles. The lowest BCUT2D eigenvalue weighted by atomic mass is 10.2. The van der Waals surface area contributed by atoms with Crippen LogP contribution in [0.3, 0.4) is 0 Å². The van der Waals surface area contributed by atoms with Gasteiger partial charge in [0.2, 0.25) is 0 Å². The molecule has 0 fully saturated rings. The Kier molecular flexibility index (Phi) is 1.61. The molecule has 2 nitrogen and oxygen atoms in total. The Labute approximate surface area is 65.9 Å². The number of hydrazine groups is 1. The van der Waals surface area contributed by atoms with Crippen molar-refractivity contribution in [3.8, 4) is 0 Å². The fraction of sp³-hybridized carbons (Fsp3) is 0.111. The molecule has 2 heteroatoms. The first-order valence-electron chi connectivity index (χ1n) is 3.71. The van der Waals surface area contributed by atoms with Crippen molar-refractivity contribution in [2.75, 3.05) is 12.0 Å². The van der Waals surface area contributed by atoms with E-state index < -0.39 is 0 Å². The number of benzene rings is 1. The van der Waals surface area contributed by atoms with Crippen LogP contribution in [-0.2, 0) is 0 Å². The number of rotatable bonds is 0. The van der Waals surface area contributed by atoms with Gasteiger partial charge in [-0.3, -0.25) is 0 Å². The average molecular weight is 146 g/mol. The quantitative estimate of drug-likeness (QED) is 0.581. The molecule has 0 unspecified atom stereocenters. The monoisotopic (exact) mass is 146 g/mol. The van der Waals surface area contributed by atoms with E-state index in [2.05, 4.69) is 35.1 Å². The topological polar surface area (TPSA) is 24.1 Å². The van der Waals surface area contributed by atoms with Gasteiger partial charge in [0, 0.05) is 6.54 Å². The van der Waals surface area contributed by atoms with Crippen LogP contribution >= 0.6 is 0 Å². The Bertz CT molecular complexity index is 279. The van der Waals surface area contributed by atoms with E-state index in [1.54, 1.807) is 0 Å². The second kappa shape index (κ2) is 2.76. The van der Waals surface area contributed by atoms with E-state index in [-0.39, 0.29) is 0 Å². The molecule has 0 radical (unpaired) electrons. The van der Waals surface area contributed by atoms with E-state index in [4.69, 9.17) is 0 Å². The third kappa shape index (κ3) is 1.25. The molecule has 1 aromatic rings. The molecule has 2 N–H and O–H groups in total. The van der Waals surface area contributed by atoms with Gasteiger partial charge >= 0.3 is 0 Å². The van der Waals surface area contributed by atoms with Crippen molar-refractivity contribution in [3.05, 3.63) is 35.9 Å². The molecule has 1 aliphatic rings. The van der Waals surface area contributed by atoms with Crippen LogP contribution in [0.4, 0.5) is 5.69 Å². The van der Waals surface area contributed by atoms with Gasteiger partial charge < -0.3 is 5.43 Å². The Morgan fingerprint density at radius 1 is 1.18 bits per heavy atom. The average Bonchev–Trinajstić information content (AvgIpc) is 2.28. The zero-order valence-electron chi connectivity index (χ0n) is 6.17. The van der Waals surface area contributed by atoms with E-state index >= 15 is 0 Å². The van der Waals surface area contributed by atoms with Crippen molar-refractivity contribution in [1.82, 2.24) is 5.43 Å². The van der Waals surface area contributed by atoms with Gasteiger partial charge in [0.05, 0.1) is 5.69 Å². The summed E-state index contributed by atoms with van der Waals surface area (Å²) in [6.45, 7) is 0.870. The highest BCUT2D eigenvalue weighted by atomic mass is 15.3. The first-order chi connectivity index (χ1) is 5.47. The van der Waals surface area contributed by atoms with E-state index in [9.17, 15) is 0 Å². The molecular formula is C9H10N2. The summed E-state index contributed by atoms with van der Waals surface area (Å²) in [5.41, 5.74) is 8.55. The molecule has 0 bridgehead atoms. The normalized spacial score (nSPS) is 14.9. The number of hydrogen-bond acceptors (Lipinski definition) is 2. The fourth-order valence-corrected chi connectivity index (χ4v) is 1.15. The number of para-hydroxylation sites is 1. The second-order valence-corrected chi connectivity index (χ2v) is 2.50. The third-order valence-electron chi connectivity index (χ3n) is 1.70. The number of fused-ring (bicyclic) bond motifs is 1. The second-order valence-electron chi connectivity index (χ2n) is 2.50. The number of hydrogen-bond donors (Lipinski definition) is 2. The summed E-state index contributed by atoms with van der Waals surface area (Å²) in [5.74, 6) is 0. The van der Waals surface area contributed by atoms with Crippen molar-refractivity contribution >= 4 is 11.8 Å². The van der Waals surface area contributed by atoms with Gasteiger partial charge in [-0.2, -0.15) is 0 Å². The predicted molar refractivity (Wildman–Crippen MR) is 47.1 cm³/mol. The first-order valence-corrected chi connectivity index (χ1v) is 3.71. The Hall–Kier alpha value is -1.28. The lowest BCUT2D eigenvalue weighted by molar-refractivity contribution is 0.903. The molecule has 0 aromatic heterocycles. The van der Waals surface area contributed by atoms with Gasteiger partial charge in [0.25, 0.3) is 0 Å². The van der Waals surface area contributed by atoms with Gasteiger partial charge in [-0.25, -0.2) is 5.43 Å². The maximum atomic E-state index is 3.11. The molecule has 0 aliphatic carbocycles. The highest BCUT2D eigenvalue weighted by molar-refractivity contribution is 5.67. The van der Waals surface area contributed by atoms with Gasteiger partial charge in [-0.1, -0.05) is 30.4 Å². The minimum atomic E-state index is 0.870. The maximum absolute atomic E-state index is 3.11. The molecule has 1 heterocycles. The molecule has 56 valence electrons. The molecule has 11 heavy (non-hydrogen) atoms. The molecule has 1 aromatic carbocycles. The summed E-state index contributed by atoms with van der Waals surface area (Å²) in [7, 11) is 0. The zero-order chi connectivity index (χ0) is 7.52. The summed E-state index contributed by atoms with van der Waals surface area (Å²) in [5, 5.41) is 0. The van der Waals surface area contributed by atoms with Crippen LogP contribution in [0.1, 0.15) is 5.56 Å². The van der Waals surface area contributed by atoms with Crippen molar-refractivity contribution in [1.29, 1.82) is 0 Å². The largest absolute Gasteiger partial charge is 0.321 e. The van der Waals surface area contributed by atoms with Crippen LogP contribution < -0.4 is 10.9 Å². The molecule has 2 rings (SSSR count). The van der Waals surface area contributed by atoms with Crippen LogP contribution in [0, 0.1) is 0 Å². The SMILES string of the molecule is C1=Cc2ccccc2NNC1. The van der Waals surface area contributed by atoms with Crippen LogP contribution in [0.25, 0.3) is 6.08 Å². The van der Waals surface area contributed by atoms with Crippen molar-refractivity contribution in [2.24, 2.45) is 0 Å². The smallest absolute Gasteiger partial charge is 0.0559 e. The number of nitrogens with one attached hydrogen (secondary N) is 2. The van der Waals surface area contributed by atoms with E-state index in [1.165, 1.54) is 5.56 Å². The molecule has 0 spiro atoms. The van der Waals surface area contributed by atoms with E-state index in [0.29, 0.717) is 0 Å². The summed E-state index contributed by atoms with van der Waals surface area (Å²) in [6.07, 6.45) is 4.21. The van der Waals surface area contributed by atoms with Crippen molar-refractivity contribution in [3.63, 3.8) is 0 Å². The van der Waals surface area contributed by atoms with Crippen LogP contribution in [0.15, 0.2) is 30.3 Å². The third-order valence-corrected chi connectivity index (χ3v) is 1.70. The maximum Gasteiger partial charge on any atom is 0.0559 e. The fourth-order valence-electron chi connectivity index (χ4n) is 1.15. The zero-order valence-corrected chi connectivity index (χ0v) is 6.17. The summed E-state index contributed by atoms with van der Waals surface area (Å²) in [6, 6.07) is 8.20. The van der Waals surface area contributed by atoms with Gasteiger partial charge in [0.1, 0.15) is 0 Å².